The Morgan fingerprint density at radius 1 is 1.41 bits per heavy atom. The third kappa shape index (κ3) is 2.68. The van der Waals surface area contributed by atoms with Gasteiger partial charge in [0.1, 0.15) is 5.51 Å². The Bertz CT molecular complexity index is 810. The molecule has 0 atom stereocenters. The summed E-state index contributed by atoms with van der Waals surface area (Å²) in [6.07, 6.45) is 9.45. The standard InChI is InChI=1S/C14H15N7S/c1-4-5-21-12(11-6-17-20(3)8-11)7-15-13(21)10(2)18-14-19-16-9-22-14/h4-9H,2H2,1,3H3,(H,18,19)/b5-4-. The molecule has 112 valence electrons. The first-order valence-electron chi connectivity index (χ1n) is 6.60. The van der Waals surface area contributed by atoms with Crippen molar-refractivity contribution in [1.82, 2.24) is 29.5 Å². The lowest BCUT2D eigenvalue weighted by Crippen LogP contribution is -2.04. The molecular formula is C14H15N7S. The molecule has 3 aromatic rings. The van der Waals surface area contributed by atoms with E-state index >= 15 is 0 Å². The lowest BCUT2D eigenvalue weighted by molar-refractivity contribution is 0.768. The van der Waals surface area contributed by atoms with Gasteiger partial charge in [-0.1, -0.05) is 24.0 Å². The Hall–Kier alpha value is -2.74. The van der Waals surface area contributed by atoms with Crippen molar-refractivity contribution in [1.29, 1.82) is 0 Å². The van der Waals surface area contributed by atoms with Gasteiger partial charge in [-0.25, -0.2) is 4.98 Å². The van der Waals surface area contributed by atoms with Crippen LogP contribution in [-0.4, -0.2) is 29.5 Å². The summed E-state index contributed by atoms with van der Waals surface area (Å²) in [6.45, 7) is 6.00. The summed E-state index contributed by atoms with van der Waals surface area (Å²) in [5.41, 5.74) is 4.25. The maximum absolute atomic E-state index is 4.47. The molecule has 0 bridgehead atoms. The van der Waals surface area contributed by atoms with Crippen molar-refractivity contribution in [3.05, 3.63) is 42.6 Å². The monoisotopic (exact) mass is 313 g/mol. The van der Waals surface area contributed by atoms with E-state index < -0.39 is 0 Å². The van der Waals surface area contributed by atoms with Crippen LogP contribution in [-0.2, 0) is 7.05 Å². The molecule has 7 nitrogen and oxygen atoms in total. The number of aromatic nitrogens is 6. The molecule has 0 saturated carbocycles. The summed E-state index contributed by atoms with van der Waals surface area (Å²) >= 11 is 1.41. The SMILES string of the molecule is C=C(Nc1nncs1)c1ncc(-c2cnn(C)c2)n1/C=C\C. The number of anilines is 1. The second-order valence-electron chi connectivity index (χ2n) is 4.57. The summed E-state index contributed by atoms with van der Waals surface area (Å²) in [4.78, 5) is 4.47. The first-order valence-corrected chi connectivity index (χ1v) is 7.48. The van der Waals surface area contributed by atoms with E-state index in [9.17, 15) is 0 Å². The molecule has 1 N–H and O–H groups in total. The van der Waals surface area contributed by atoms with Gasteiger partial charge in [0.15, 0.2) is 5.82 Å². The van der Waals surface area contributed by atoms with Gasteiger partial charge in [0.25, 0.3) is 0 Å². The minimum atomic E-state index is 0.657. The summed E-state index contributed by atoms with van der Waals surface area (Å²) in [5, 5.41) is 15.8. The van der Waals surface area contributed by atoms with Gasteiger partial charge in [-0.3, -0.25) is 9.25 Å². The van der Waals surface area contributed by atoms with Crippen molar-refractivity contribution < 1.29 is 0 Å². The van der Waals surface area contributed by atoms with Gasteiger partial charge in [0, 0.05) is 25.0 Å². The molecule has 22 heavy (non-hydrogen) atoms. The second kappa shape index (κ2) is 5.94. The van der Waals surface area contributed by atoms with Crippen molar-refractivity contribution in [3.63, 3.8) is 0 Å². The number of nitrogens with one attached hydrogen (secondary N) is 1. The van der Waals surface area contributed by atoms with E-state index in [4.69, 9.17) is 0 Å². The zero-order valence-corrected chi connectivity index (χ0v) is 13.1. The highest BCUT2D eigenvalue weighted by Gasteiger charge is 2.14. The first kappa shape index (κ1) is 14.2. The lowest BCUT2D eigenvalue weighted by atomic mass is 10.3. The van der Waals surface area contributed by atoms with Crippen LogP contribution < -0.4 is 5.32 Å². The summed E-state index contributed by atoms with van der Waals surface area (Å²) in [7, 11) is 1.89. The predicted molar refractivity (Wildman–Crippen MR) is 88.0 cm³/mol. The van der Waals surface area contributed by atoms with Crippen LogP contribution >= 0.6 is 11.3 Å². The van der Waals surface area contributed by atoms with E-state index in [1.807, 2.05) is 43.2 Å². The minimum absolute atomic E-state index is 0.657. The Labute approximate surface area is 131 Å². The fourth-order valence-corrected chi connectivity index (χ4v) is 2.53. The average Bonchev–Trinajstić information content (AvgIpc) is 3.20. The number of allylic oxidation sites excluding steroid dienone is 1. The van der Waals surface area contributed by atoms with Crippen LogP contribution in [0.15, 0.2) is 36.8 Å². The van der Waals surface area contributed by atoms with E-state index in [1.54, 1.807) is 16.4 Å². The van der Waals surface area contributed by atoms with Crippen LogP contribution in [0, 0.1) is 0 Å². The number of hydrogen-bond donors (Lipinski definition) is 1. The number of nitrogens with zero attached hydrogens (tertiary/aromatic N) is 6. The van der Waals surface area contributed by atoms with Crippen molar-refractivity contribution in [2.24, 2.45) is 7.05 Å². The average molecular weight is 313 g/mol. The third-order valence-corrected chi connectivity index (χ3v) is 3.59. The topological polar surface area (TPSA) is 73.5 Å². The second-order valence-corrected chi connectivity index (χ2v) is 5.40. The summed E-state index contributed by atoms with van der Waals surface area (Å²) in [6, 6.07) is 0. The molecule has 0 fully saturated rings. The van der Waals surface area contributed by atoms with E-state index in [2.05, 4.69) is 32.2 Å². The number of hydrogen-bond acceptors (Lipinski definition) is 6. The fourth-order valence-electron chi connectivity index (χ4n) is 2.06. The maximum Gasteiger partial charge on any atom is 0.209 e. The molecule has 3 aromatic heterocycles. The number of aryl methyl sites for hydroxylation is 1. The van der Waals surface area contributed by atoms with Gasteiger partial charge >= 0.3 is 0 Å². The predicted octanol–water partition coefficient (Wildman–Crippen LogP) is 2.71. The summed E-state index contributed by atoms with van der Waals surface area (Å²) < 4.78 is 3.73. The molecule has 0 aliphatic heterocycles. The van der Waals surface area contributed by atoms with Crippen molar-refractivity contribution in [2.75, 3.05) is 5.32 Å². The van der Waals surface area contributed by atoms with Crippen LogP contribution in [0.25, 0.3) is 23.2 Å². The van der Waals surface area contributed by atoms with E-state index in [-0.39, 0.29) is 0 Å². The van der Waals surface area contributed by atoms with Crippen molar-refractivity contribution in [2.45, 2.75) is 6.92 Å². The van der Waals surface area contributed by atoms with Crippen LogP contribution in [0.5, 0.6) is 0 Å². The largest absolute Gasteiger partial charge is 0.328 e. The molecule has 0 saturated heterocycles. The lowest BCUT2D eigenvalue weighted by Gasteiger charge is -2.08. The van der Waals surface area contributed by atoms with Gasteiger partial charge < -0.3 is 5.32 Å². The highest BCUT2D eigenvalue weighted by atomic mass is 32.1. The zero-order valence-electron chi connectivity index (χ0n) is 12.3. The van der Waals surface area contributed by atoms with Gasteiger partial charge in [0.05, 0.1) is 23.8 Å². The summed E-state index contributed by atoms with van der Waals surface area (Å²) in [5.74, 6) is 0.715. The van der Waals surface area contributed by atoms with Crippen LogP contribution in [0.4, 0.5) is 5.13 Å². The van der Waals surface area contributed by atoms with E-state index in [1.165, 1.54) is 11.3 Å². The Kier molecular flexibility index (Phi) is 3.84. The van der Waals surface area contributed by atoms with Crippen molar-refractivity contribution in [3.8, 4) is 11.3 Å². The van der Waals surface area contributed by atoms with Gasteiger partial charge in [-0.05, 0) is 6.92 Å². The quantitative estimate of drug-likeness (QED) is 0.784. The number of imidazole rings is 1. The molecule has 0 aliphatic rings. The Morgan fingerprint density at radius 3 is 2.91 bits per heavy atom. The number of rotatable bonds is 5. The van der Waals surface area contributed by atoms with Crippen molar-refractivity contribution >= 4 is 28.4 Å². The molecule has 8 heteroatoms. The Morgan fingerprint density at radius 2 is 2.27 bits per heavy atom. The van der Waals surface area contributed by atoms with Gasteiger partial charge in [-0.15, -0.1) is 10.2 Å². The molecule has 0 spiro atoms. The maximum atomic E-state index is 4.47. The first-order chi connectivity index (χ1) is 10.7. The highest BCUT2D eigenvalue weighted by molar-refractivity contribution is 7.13. The zero-order chi connectivity index (χ0) is 15.5. The molecule has 0 radical (unpaired) electrons. The Balaban J connectivity index is 1.98. The smallest absolute Gasteiger partial charge is 0.209 e. The van der Waals surface area contributed by atoms with Gasteiger partial charge in [0.2, 0.25) is 5.13 Å². The normalized spacial score (nSPS) is 11.2. The molecule has 3 rings (SSSR count). The third-order valence-electron chi connectivity index (χ3n) is 2.98. The molecule has 0 aliphatic carbocycles. The van der Waals surface area contributed by atoms with Crippen LogP contribution in [0.2, 0.25) is 0 Å². The molecule has 0 amide bonds. The minimum Gasteiger partial charge on any atom is -0.328 e. The highest BCUT2D eigenvalue weighted by Crippen LogP contribution is 2.25. The van der Waals surface area contributed by atoms with E-state index in [0.29, 0.717) is 16.7 Å². The molecule has 0 unspecified atom stereocenters. The molecule has 0 aromatic carbocycles. The van der Waals surface area contributed by atoms with Crippen LogP contribution in [0.1, 0.15) is 12.7 Å². The molecular weight excluding hydrogens is 298 g/mol. The van der Waals surface area contributed by atoms with E-state index in [0.717, 1.165) is 11.3 Å². The van der Waals surface area contributed by atoms with Gasteiger partial charge in [-0.2, -0.15) is 5.10 Å². The molecule has 3 heterocycles. The fraction of sp³-hybridized carbons (Fsp3) is 0.143. The van der Waals surface area contributed by atoms with Crippen LogP contribution in [0.3, 0.4) is 0 Å².